The summed E-state index contributed by atoms with van der Waals surface area (Å²) in [4.78, 5) is 29.9. The molecule has 3 rings (SSSR count). The van der Waals surface area contributed by atoms with Crippen LogP contribution < -0.4 is 15.8 Å². The van der Waals surface area contributed by atoms with Gasteiger partial charge in [-0.05, 0) is 56.3 Å². The first-order valence-electron chi connectivity index (χ1n) is 9.46. The molecule has 1 aromatic carbocycles. The largest absolute Gasteiger partial charge is 0.369 e. The van der Waals surface area contributed by atoms with E-state index in [1.165, 1.54) is 4.57 Å². The normalized spacial score (nSPS) is 15.0. The first kappa shape index (κ1) is 19.2. The summed E-state index contributed by atoms with van der Waals surface area (Å²) < 4.78 is 1.50. The number of hydrogen-bond donors (Lipinski definition) is 1. The van der Waals surface area contributed by atoms with Crippen molar-refractivity contribution in [2.75, 3.05) is 42.9 Å². The van der Waals surface area contributed by atoms with Crippen LogP contribution >= 0.6 is 0 Å². The predicted molar refractivity (Wildman–Crippen MR) is 110 cm³/mol. The number of carbonyl (C=O) groups is 1. The second kappa shape index (κ2) is 7.96. The standard InChI is InChI=1S/C21H28N4O2/c1-5-24-10-12-25(13-11-24)18-8-6-17(7-9-18)22-20(26)19-15(2)14-16(3)23(4)21(19)27/h6-9,14H,5,10-13H2,1-4H3,(H,22,26). The molecule has 0 saturated carbocycles. The maximum atomic E-state index is 12.6. The van der Waals surface area contributed by atoms with E-state index in [9.17, 15) is 9.59 Å². The highest BCUT2D eigenvalue weighted by molar-refractivity contribution is 6.05. The van der Waals surface area contributed by atoms with Gasteiger partial charge in [0.2, 0.25) is 0 Å². The monoisotopic (exact) mass is 368 g/mol. The molecule has 27 heavy (non-hydrogen) atoms. The van der Waals surface area contributed by atoms with Crippen LogP contribution in [0.2, 0.25) is 0 Å². The average Bonchev–Trinajstić information content (AvgIpc) is 2.67. The molecule has 1 amide bonds. The van der Waals surface area contributed by atoms with Crippen LogP contribution in [-0.2, 0) is 7.05 Å². The number of anilines is 2. The van der Waals surface area contributed by atoms with Crippen molar-refractivity contribution in [2.24, 2.45) is 7.05 Å². The molecule has 2 aromatic rings. The molecule has 1 N–H and O–H groups in total. The van der Waals surface area contributed by atoms with E-state index in [1.807, 2.05) is 37.3 Å². The minimum Gasteiger partial charge on any atom is -0.369 e. The summed E-state index contributed by atoms with van der Waals surface area (Å²) in [6.07, 6.45) is 0. The Hall–Kier alpha value is -2.60. The van der Waals surface area contributed by atoms with Gasteiger partial charge in [0, 0.05) is 50.3 Å². The molecule has 1 saturated heterocycles. The Morgan fingerprint density at radius 3 is 2.30 bits per heavy atom. The van der Waals surface area contributed by atoms with Gasteiger partial charge in [-0.25, -0.2) is 0 Å². The molecule has 0 aliphatic carbocycles. The number of aryl methyl sites for hydroxylation is 2. The summed E-state index contributed by atoms with van der Waals surface area (Å²) in [6.45, 7) is 11.1. The van der Waals surface area contributed by atoms with Crippen molar-refractivity contribution in [3.05, 3.63) is 57.5 Å². The molecule has 0 spiro atoms. The third-order valence-electron chi connectivity index (χ3n) is 5.40. The van der Waals surface area contributed by atoms with Crippen molar-refractivity contribution in [1.82, 2.24) is 9.47 Å². The lowest BCUT2D eigenvalue weighted by Gasteiger charge is -2.35. The second-order valence-electron chi connectivity index (χ2n) is 7.13. The van der Waals surface area contributed by atoms with Crippen LogP contribution in [0.3, 0.4) is 0 Å². The molecule has 0 radical (unpaired) electrons. The van der Waals surface area contributed by atoms with Crippen molar-refractivity contribution in [3.63, 3.8) is 0 Å². The number of nitrogens with zero attached hydrogens (tertiary/aromatic N) is 3. The lowest BCUT2D eigenvalue weighted by molar-refractivity contribution is 0.102. The molecule has 0 unspecified atom stereocenters. The zero-order valence-electron chi connectivity index (χ0n) is 16.6. The van der Waals surface area contributed by atoms with Gasteiger partial charge in [-0.1, -0.05) is 6.92 Å². The molecule has 1 aliphatic heterocycles. The predicted octanol–water partition coefficient (Wildman–Crippen LogP) is 2.40. The Balaban J connectivity index is 1.71. The minimum absolute atomic E-state index is 0.197. The minimum atomic E-state index is -0.364. The third-order valence-corrected chi connectivity index (χ3v) is 5.40. The van der Waals surface area contributed by atoms with Gasteiger partial charge in [-0.3, -0.25) is 9.59 Å². The van der Waals surface area contributed by atoms with E-state index in [2.05, 4.69) is 22.0 Å². The number of nitrogens with one attached hydrogen (secondary N) is 1. The second-order valence-corrected chi connectivity index (χ2v) is 7.13. The van der Waals surface area contributed by atoms with Gasteiger partial charge in [0.1, 0.15) is 5.56 Å². The third kappa shape index (κ3) is 4.06. The van der Waals surface area contributed by atoms with E-state index in [4.69, 9.17) is 0 Å². The van der Waals surface area contributed by atoms with Crippen molar-refractivity contribution in [2.45, 2.75) is 20.8 Å². The highest BCUT2D eigenvalue weighted by Crippen LogP contribution is 2.20. The molecule has 2 heterocycles. The van der Waals surface area contributed by atoms with Crippen LogP contribution in [-0.4, -0.2) is 48.1 Å². The zero-order chi connectivity index (χ0) is 19.6. The van der Waals surface area contributed by atoms with E-state index >= 15 is 0 Å². The first-order valence-corrected chi connectivity index (χ1v) is 9.46. The lowest BCUT2D eigenvalue weighted by atomic mass is 10.1. The number of piperazine rings is 1. The summed E-state index contributed by atoms with van der Waals surface area (Å²) in [5.74, 6) is -0.364. The van der Waals surface area contributed by atoms with Crippen LogP contribution in [0.1, 0.15) is 28.5 Å². The number of rotatable bonds is 4. The molecule has 1 aliphatic rings. The number of benzene rings is 1. The first-order chi connectivity index (χ1) is 12.9. The molecule has 6 heteroatoms. The van der Waals surface area contributed by atoms with Crippen molar-refractivity contribution >= 4 is 17.3 Å². The van der Waals surface area contributed by atoms with E-state index in [-0.39, 0.29) is 17.0 Å². The molecular weight excluding hydrogens is 340 g/mol. The number of pyridine rings is 1. The fraction of sp³-hybridized carbons (Fsp3) is 0.429. The van der Waals surface area contributed by atoms with Gasteiger partial charge < -0.3 is 19.7 Å². The summed E-state index contributed by atoms with van der Waals surface area (Å²) in [5, 5.41) is 2.85. The highest BCUT2D eigenvalue weighted by atomic mass is 16.2. The summed E-state index contributed by atoms with van der Waals surface area (Å²) in [7, 11) is 1.68. The fourth-order valence-corrected chi connectivity index (χ4v) is 3.53. The number of aromatic nitrogens is 1. The van der Waals surface area contributed by atoms with Crippen LogP contribution in [0.5, 0.6) is 0 Å². The molecule has 1 aromatic heterocycles. The Kier molecular flexibility index (Phi) is 5.65. The molecule has 6 nitrogen and oxygen atoms in total. The molecular formula is C21H28N4O2. The van der Waals surface area contributed by atoms with Crippen LogP contribution in [0.15, 0.2) is 35.1 Å². The van der Waals surface area contributed by atoms with E-state index in [0.29, 0.717) is 11.3 Å². The zero-order valence-corrected chi connectivity index (χ0v) is 16.6. The van der Waals surface area contributed by atoms with Gasteiger partial charge in [0.25, 0.3) is 11.5 Å². The maximum Gasteiger partial charge on any atom is 0.263 e. The van der Waals surface area contributed by atoms with Crippen molar-refractivity contribution in [3.8, 4) is 0 Å². The number of hydrogen-bond acceptors (Lipinski definition) is 4. The van der Waals surface area contributed by atoms with Gasteiger partial charge in [-0.15, -0.1) is 0 Å². The molecule has 0 bridgehead atoms. The quantitative estimate of drug-likeness (QED) is 0.900. The lowest BCUT2D eigenvalue weighted by Crippen LogP contribution is -2.46. The Morgan fingerprint density at radius 2 is 1.70 bits per heavy atom. The number of likely N-dealkylation sites (N-methyl/N-ethyl adjacent to an activating group) is 1. The van der Waals surface area contributed by atoms with Gasteiger partial charge >= 0.3 is 0 Å². The number of amides is 1. The van der Waals surface area contributed by atoms with Crippen molar-refractivity contribution < 1.29 is 4.79 Å². The molecule has 144 valence electrons. The number of carbonyl (C=O) groups excluding carboxylic acids is 1. The van der Waals surface area contributed by atoms with E-state index < -0.39 is 0 Å². The summed E-state index contributed by atoms with van der Waals surface area (Å²) in [6, 6.07) is 9.70. The van der Waals surface area contributed by atoms with Gasteiger partial charge in [-0.2, -0.15) is 0 Å². The van der Waals surface area contributed by atoms with E-state index in [1.54, 1.807) is 14.0 Å². The van der Waals surface area contributed by atoms with E-state index in [0.717, 1.165) is 44.1 Å². The molecule has 0 atom stereocenters. The summed E-state index contributed by atoms with van der Waals surface area (Å²) in [5.41, 5.74) is 3.31. The van der Waals surface area contributed by atoms with Crippen LogP contribution in [0.25, 0.3) is 0 Å². The van der Waals surface area contributed by atoms with Gasteiger partial charge in [0.15, 0.2) is 0 Å². The van der Waals surface area contributed by atoms with Crippen molar-refractivity contribution in [1.29, 1.82) is 0 Å². The SMILES string of the molecule is CCN1CCN(c2ccc(NC(=O)c3c(C)cc(C)n(C)c3=O)cc2)CC1. The Morgan fingerprint density at radius 1 is 1.07 bits per heavy atom. The fourth-order valence-electron chi connectivity index (χ4n) is 3.53. The average molecular weight is 368 g/mol. The summed E-state index contributed by atoms with van der Waals surface area (Å²) >= 11 is 0. The van der Waals surface area contributed by atoms with Crippen LogP contribution in [0, 0.1) is 13.8 Å². The van der Waals surface area contributed by atoms with Crippen LogP contribution in [0.4, 0.5) is 11.4 Å². The smallest absolute Gasteiger partial charge is 0.263 e. The maximum absolute atomic E-state index is 12.6. The highest BCUT2D eigenvalue weighted by Gasteiger charge is 2.18. The molecule has 1 fully saturated rings. The van der Waals surface area contributed by atoms with Gasteiger partial charge in [0.05, 0.1) is 0 Å². The Bertz CT molecular complexity index is 878. The topological polar surface area (TPSA) is 57.6 Å². The Labute approximate surface area is 160 Å².